The van der Waals surface area contributed by atoms with Gasteiger partial charge in [0.15, 0.2) is 5.65 Å². The molecule has 3 heterocycles. The molecule has 1 aliphatic carbocycles. The average Bonchev–Trinajstić information content (AvgIpc) is 3.33. The van der Waals surface area contributed by atoms with E-state index in [0.717, 1.165) is 59.7 Å². The van der Waals surface area contributed by atoms with E-state index in [2.05, 4.69) is 45.5 Å². The Balaban J connectivity index is 1.33. The molecule has 142 valence electrons. The lowest BCUT2D eigenvalue weighted by atomic mass is 9.96. The topological polar surface area (TPSA) is 59.5 Å². The predicted octanol–water partition coefficient (Wildman–Crippen LogP) is 3.90. The van der Waals surface area contributed by atoms with Gasteiger partial charge in [0.25, 0.3) is 0 Å². The van der Waals surface area contributed by atoms with E-state index in [0.29, 0.717) is 0 Å². The van der Waals surface area contributed by atoms with Gasteiger partial charge in [-0.25, -0.2) is 9.50 Å². The zero-order valence-electron chi connectivity index (χ0n) is 16.0. The van der Waals surface area contributed by atoms with Crippen LogP contribution < -0.4 is 0 Å². The van der Waals surface area contributed by atoms with E-state index in [1.807, 2.05) is 35.1 Å². The Morgan fingerprint density at radius 1 is 1.07 bits per heavy atom. The first-order valence-electron chi connectivity index (χ1n) is 9.80. The van der Waals surface area contributed by atoms with Gasteiger partial charge in [0.05, 0.1) is 6.20 Å². The van der Waals surface area contributed by atoms with Crippen molar-refractivity contribution in [3.63, 3.8) is 0 Å². The van der Waals surface area contributed by atoms with E-state index in [9.17, 15) is 0 Å². The summed E-state index contributed by atoms with van der Waals surface area (Å²) in [4.78, 5) is 6.92. The molecule has 0 spiro atoms. The highest BCUT2D eigenvalue weighted by atomic mass is 16.5. The van der Waals surface area contributed by atoms with Crippen molar-refractivity contribution in [1.29, 1.82) is 0 Å². The second kappa shape index (κ2) is 7.20. The normalized spacial score (nSPS) is 13.9. The molecule has 0 radical (unpaired) electrons. The van der Waals surface area contributed by atoms with Gasteiger partial charge in [-0.05, 0) is 31.9 Å². The fourth-order valence-corrected chi connectivity index (χ4v) is 4.01. The maximum absolute atomic E-state index is 5.54. The molecule has 6 heteroatoms. The highest BCUT2D eigenvalue weighted by Gasteiger charge is 2.20. The second-order valence-electron chi connectivity index (χ2n) is 7.57. The molecule has 0 fully saturated rings. The lowest BCUT2D eigenvalue weighted by Crippen LogP contribution is -2.19. The van der Waals surface area contributed by atoms with E-state index < -0.39 is 0 Å². The summed E-state index contributed by atoms with van der Waals surface area (Å²) >= 11 is 0. The first kappa shape index (κ1) is 17.1. The van der Waals surface area contributed by atoms with E-state index in [4.69, 9.17) is 4.52 Å². The van der Waals surface area contributed by atoms with E-state index >= 15 is 0 Å². The van der Waals surface area contributed by atoms with Crippen molar-refractivity contribution >= 4 is 5.65 Å². The molecule has 0 amide bonds. The van der Waals surface area contributed by atoms with Crippen LogP contribution in [0.1, 0.15) is 35.4 Å². The first-order chi connectivity index (χ1) is 13.8. The smallest absolute Gasteiger partial charge is 0.162 e. The van der Waals surface area contributed by atoms with Crippen LogP contribution in [0.2, 0.25) is 0 Å². The van der Waals surface area contributed by atoms with Crippen molar-refractivity contribution in [2.75, 3.05) is 7.05 Å². The molecule has 0 saturated carbocycles. The van der Waals surface area contributed by atoms with Crippen molar-refractivity contribution < 1.29 is 4.52 Å². The van der Waals surface area contributed by atoms with Crippen LogP contribution in [0.4, 0.5) is 0 Å². The molecule has 0 unspecified atom stereocenters. The van der Waals surface area contributed by atoms with Crippen molar-refractivity contribution in [2.45, 2.75) is 38.8 Å². The summed E-state index contributed by atoms with van der Waals surface area (Å²) in [5.74, 6) is 1.09. The molecule has 0 atom stereocenters. The number of hydrogen-bond donors (Lipinski definition) is 0. The second-order valence-corrected chi connectivity index (χ2v) is 7.57. The van der Waals surface area contributed by atoms with Gasteiger partial charge in [-0.2, -0.15) is 5.10 Å². The lowest BCUT2D eigenvalue weighted by Gasteiger charge is -2.16. The monoisotopic (exact) mass is 373 g/mol. The summed E-state index contributed by atoms with van der Waals surface area (Å²) in [6.45, 7) is 1.57. The summed E-state index contributed by atoms with van der Waals surface area (Å²) in [5.41, 5.74) is 6.58. The molecular formula is C22H23N5O. The van der Waals surface area contributed by atoms with Gasteiger partial charge in [-0.1, -0.05) is 35.5 Å². The van der Waals surface area contributed by atoms with Crippen LogP contribution in [0, 0.1) is 0 Å². The number of rotatable bonds is 5. The molecule has 6 nitrogen and oxygen atoms in total. The molecule has 0 aliphatic heterocycles. The Kier molecular flexibility index (Phi) is 4.41. The largest absolute Gasteiger partial charge is 0.361 e. The van der Waals surface area contributed by atoms with Crippen LogP contribution in [-0.4, -0.2) is 31.7 Å². The molecule has 3 aromatic heterocycles. The van der Waals surface area contributed by atoms with Crippen LogP contribution in [0.25, 0.3) is 16.8 Å². The van der Waals surface area contributed by atoms with Crippen molar-refractivity contribution in [3.05, 3.63) is 71.5 Å². The highest BCUT2D eigenvalue weighted by Crippen LogP contribution is 2.26. The number of aryl methyl sites for hydroxylation is 1. The van der Waals surface area contributed by atoms with Crippen molar-refractivity contribution in [3.8, 4) is 11.1 Å². The Hall–Kier alpha value is -2.99. The molecule has 1 aliphatic rings. The third kappa shape index (κ3) is 3.20. The van der Waals surface area contributed by atoms with Gasteiger partial charge < -0.3 is 4.52 Å². The summed E-state index contributed by atoms with van der Waals surface area (Å²) in [6.07, 6.45) is 10.4. The quantitative estimate of drug-likeness (QED) is 0.531. The molecule has 0 bridgehead atoms. The van der Waals surface area contributed by atoms with E-state index in [1.54, 1.807) is 0 Å². The number of benzene rings is 1. The third-order valence-corrected chi connectivity index (χ3v) is 5.40. The minimum Gasteiger partial charge on any atom is -0.361 e. The zero-order valence-corrected chi connectivity index (χ0v) is 16.0. The predicted molar refractivity (Wildman–Crippen MR) is 107 cm³/mol. The minimum absolute atomic E-state index is 0.783. The van der Waals surface area contributed by atoms with Gasteiger partial charge in [0.1, 0.15) is 11.5 Å². The summed E-state index contributed by atoms with van der Waals surface area (Å²) in [7, 11) is 2.10. The van der Waals surface area contributed by atoms with Crippen molar-refractivity contribution in [2.24, 2.45) is 0 Å². The Labute approximate surface area is 163 Å². The third-order valence-electron chi connectivity index (χ3n) is 5.40. The molecule has 0 N–H and O–H groups in total. The molecule has 1 aromatic carbocycles. The van der Waals surface area contributed by atoms with Crippen LogP contribution >= 0.6 is 0 Å². The van der Waals surface area contributed by atoms with Gasteiger partial charge in [-0.3, -0.25) is 4.90 Å². The van der Waals surface area contributed by atoms with Crippen LogP contribution in [0.5, 0.6) is 0 Å². The molecular weight excluding hydrogens is 350 g/mol. The number of fused-ring (bicyclic) bond motifs is 2. The van der Waals surface area contributed by atoms with Gasteiger partial charge in [0, 0.05) is 48.6 Å². The van der Waals surface area contributed by atoms with E-state index in [-0.39, 0.29) is 0 Å². The van der Waals surface area contributed by atoms with E-state index in [1.165, 1.54) is 18.4 Å². The maximum Gasteiger partial charge on any atom is 0.162 e. The van der Waals surface area contributed by atoms with Crippen LogP contribution in [-0.2, 0) is 25.9 Å². The number of nitrogens with zero attached hydrogens (tertiary/aromatic N) is 5. The Morgan fingerprint density at radius 3 is 2.82 bits per heavy atom. The SMILES string of the molecule is CN(Cc1cnc2c(-c3ccccc3)cnn2c1)Cc1noc2c1CCCC2. The maximum atomic E-state index is 5.54. The van der Waals surface area contributed by atoms with Gasteiger partial charge in [-0.15, -0.1) is 0 Å². The molecule has 5 rings (SSSR count). The minimum atomic E-state index is 0.783. The van der Waals surface area contributed by atoms with Crippen LogP contribution in [0.15, 0.2) is 53.4 Å². The van der Waals surface area contributed by atoms with Gasteiger partial charge in [0.2, 0.25) is 0 Å². The molecule has 4 aromatic rings. The average molecular weight is 373 g/mol. The zero-order chi connectivity index (χ0) is 18.9. The highest BCUT2D eigenvalue weighted by molar-refractivity contribution is 5.76. The van der Waals surface area contributed by atoms with Crippen molar-refractivity contribution in [1.82, 2.24) is 24.7 Å². The van der Waals surface area contributed by atoms with Gasteiger partial charge >= 0.3 is 0 Å². The summed E-state index contributed by atoms with van der Waals surface area (Å²) in [5, 5.41) is 8.82. The number of aromatic nitrogens is 4. The standard InChI is InChI=1S/C22H23N5O/c1-26(15-20-18-9-5-6-10-21(18)28-25-20)13-16-11-23-22-19(12-24-27(22)14-16)17-7-3-2-4-8-17/h2-4,7-8,11-12,14H,5-6,9-10,13,15H2,1H3. The summed E-state index contributed by atoms with van der Waals surface area (Å²) in [6, 6.07) is 10.2. The first-order valence-corrected chi connectivity index (χ1v) is 9.80. The fourth-order valence-electron chi connectivity index (χ4n) is 4.01. The summed E-state index contributed by atoms with van der Waals surface area (Å²) < 4.78 is 7.40. The van der Waals surface area contributed by atoms with Crippen LogP contribution in [0.3, 0.4) is 0 Å². The Morgan fingerprint density at radius 2 is 1.93 bits per heavy atom. The lowest BCUT2D eigenvalue weighted by molar-refractivity contribution is 0.300. The molecule has 0 saturated heterocycles. The molecule has 28 heavy (non-hydrogen) atoms. The number of hydrogen-bond acceptors (Lipinski definition) is 5. The Bertz CT molecular complexity index is 1100. The fraction of sp³-hybridized carbons (Fsp3) is 0.318.